The molecule has 0 saturated heterocycles. The Bertz CT molecular complexity index is 379. The first kappa shape index (κ1) is 15.3. The molecule has 2 N–H and O–H groups in total. The minimum atomic E-state index is -0.653. The van der Waals surface area contributed by atoms with Gasteiger partial charge in [-0.25, -0.2) is 0 Å². The molecule has 0 heterocycles. The summed E-state index contributed by atoms with van der Waals surface area (Å²) >= 11 is 0. The van der Waals surface area contributed by atoms with Gasteiger partial charge in [0.15, 0.2) is 0 Å². The summed E-state index contributed by atoms with van der Waals surface area (Å²) in [6.07, 6.45) is 10.0. The van der Waals surface area contributed by atoms with Gasteiger partial charge in [-0.15, -0.1) is 0 Å². The van der Waals surface area contributed by atoms with Gasteiger partial charge in [0.1, 0.15) is 5.54 Å². The second-order valence-corrected chi connectivity index (χ2v) is 7.49. The topological polar surface area (TPSA) is 52.6 Å². The van der Waals surface area contributed by atoms with Crippen LogP contribution in [0.3, 0.4) is 0 Å². The summed E-state index contributed by atoms with van der Waals surface area (Å²) in [6, 6.07) is 0.921. The first-order valence-electron chi connectivity index (χ1n) is 8.88. The second-order valence-electron chi connectivity index (χ2n) is 7.49. The molecule has 120 valence electrons. The van der Waals surface area contributed by atoms with Gasteiger partial charge in [0, 0.05) is 18.6 Å². The van der Waals surface area contributed by atoms with E-state index in [-0.39, 0.29) is 0 Å². The third-order valence-electron chi connectivity index (χ3n) is 5.41. The largest absolute Gasteiger partial charge is 0.480 e. The molecule has 3 saturated carbocycles. The van der Waals surface area contributed by atoms with Crippen LogP contribution in [0.5, 0.6) is 0 Å². The van der Waals surface area contributed by atoms with Crippen molar-refractivity contribution in [3.05, 3.63) is 0 Å². The number of nitrogens with zero attached hydrogens (tertiary/aromatic N) is 1. The van der Waals surface area contributed by atoms with E-state index in [0.29, 0.717) is 12.1 Å². The summed E-state index contributed by atoms with van der Waals surface area (Å²) in [5.41, 5.74) is -0.653. The van der Waals surface area contributed by atoms with E-state index in [1.165, 1.54) is 32.2 Å². The lowest BCUT2D eigenvalue weighted by molar-refractivity contribution is -0.147. The van der Waals surface area contributed by atoms with Crippen molar-refractivity contribution in [3.8, 4) is 0 Å². The Morgan fingerprint density at radius 1 is 1.29 bits per heavy atom. The van der Waals surface area contributed by atoms with Crippen LogP contribution >= 0.6 is 0 Å². The molecule has 0 aromatic rings. The molecule has 0 radical (unpaired) electrons. The van der Waals surface area contributed by atoms with Crippen LogP contribution in [0.1, 0.15) is 64.7 Å². The summed E-state index contributed by atoms with van der Waals surface area (Å²) in [4.78, 5) is 14.5. The van der Waals surface area contributed by atoms with Gasteiger partial charge in [0.05, 0.1) is 0 Å². The lowest BCUT2D eigenvalue weighted by atomic mass is 9.78. The molecule has 2 atom stereocenters. The van der Waals surface area contributed by atoms with Crippen LogP contribution in [-0.2, 0) is 4.79 Å². The van der Waals surface area contributed by atoms with Gasteiger partial charge in [-0.2, -0.15) is 0 Å². The molecular weight excluding hydrogens is 264 g/mol. The van der Waals surface area contributed by atoms with Gasteiger partial charge in [-0.1, -0.05) is 6.92 Å². The first-order chi connectivity index (χ1) is 10.1. The monoisotopic (exact) mass is 294 g/mol. The van der Waals surface area contributed by atoms with Crippen LogP contribution < -0.4 is 5.32 Å². The van der Waals surface area contributed by atoms with Crippen LogP contribution in [0.4, 0.5) is 0 Å². The molecular formula is C17H30N2O2. The summed E-state index contributed by atoms with van der Waals surface area (Å²) < 4.78 is 0. The standard InChI is InChI=1S/C17H30N2O2/c1-2-10-19(12-13-5-6-13)15-4-3-9-17(11-15,16(20)21)18-14-7-8-14/h13-15,18H,2-12H2,1H3,(H,20,21). The molecule has 0 aliphatic heterocycles. The fourth-order valence-corrected chi connectivity index (χ4v) is 3.91. The van der Waals surface area contributed by atoms with Crippen LogP contribution in [0.25, 0.3) is 0 Å². The van der Waals surface area contributed by atoms with Crippen LogP contribution in [0.2, 0.25) is 0 Å². The number of carbonyl (C=O) groups is 1. The molecule has 0 aromatic heterocycles. The molecule has 4 heteroatoms. The first-order valence-corrected chi connectivity index (χ1v) is 8.88. The van der Waals surface area contributed by atoms with Crippen molar-refractivity contribution >= 4 is 5.97 Å². The van der Waals surface area contributed by atoms with E-state index < -0.39 is 11.5 Å². The van der Waals surface area contributed by atoms with Crippen LogP contribution in [0.15, 0.2) is 0 Å². The number of nitrogens with one attached hydrogen (secondary N) is 1. The average molecular weight is 294 g/mol. The van der Waals surface area contributed by atoms with E-state index >= 15 is 0 Å². The molecule has 0 spiro atoms. The van der Waals surface area contributed by atoms with Gasteiger partial charge in [-0.05, 0) is 70.3 Å². The minimum absolute atomic E-state index is 0.460. The number of hydrogen-bond donors (Lipinski definition) is 2. The fourth-order valence-electron chi connectivity index (χ4n) is 3.91. The Morgan fingerprint density at radius 3 is 2.62 bits per heavy atom. The van der Waals surface area contributed by atoms with E-state index in [9.17, 15) is 9.90 Å². The molecule has 3 aliphatic rings. The highest BCUT2D eigenvalue weighted by Crippen LogP contribution is 2.37. The van der Waals surface area contributed by atoms with E-state index in [0.717, 1.165) is 44.6 Å². The van der Waals surface area contributed by atoms with E-state index in [4.69, 9.17) is 0 Å². The van der Waals surface area contributed by atoms with E-state index in [2.05, 4.69) is 17.1 Å². The number of carboxylic acid groups (broad SMARTS) is 1. The highest BCUT2D eigenvalue weighted by Gasteiger charge is 2.47. The molecule has 3 rings (SSSR count). The Labute approximate surface area is 128 Å². The summed E-state index contributed by atoms with van der Waals surface area (Å²) in [6.45, 7) is 4.55. The number of aliphatic carboxylic acids is 1. The van der Waals surface area contributed by atoms with Gasteiger partial charge in [0.25, 0.3) is 0 Å². The summed E-state index contributed by atoms with van der Waals surface area (Å²) in [7, 11) is 0. The van der Waals surface area contributed by atoms with E-state index in [1.54, 1.807) is 0 Å². The smallest absolute Gasteiger partial charge is 0.323 e. The molecule has 0 bridgehead atoms. The maximum Gasteiger partial charge on any atom is 0.323 e. The highest BCUT2D eigenvalue weighted by molar-refractivity contribution is 5.79. The third-order valence-corrected chi connectivity index (χ3v) is 5.41. The number of carboxylic acids is 1. The maximum absolute atomic E-state index is 11.9. The zero-order chi connectivity index (χ0) is 14.9. The Kier molecular flexibility index (Phi) is 4.55. The van der Waals surface area contributed by atoms with Crippen molar-refractivity contribution in [1.82, 2.24) is 10.2 Å². The zero-order valence-electron chi connectivity index (χ0n) is 13.3. The summed E-state index contributed by atoms with van der Waals surface area (Å²) in [5, 5.41) is 13.3. The Hall–Kier alpha value is -0.610. The molecule has 21 heavy (non-hydrogen) atoms. The number of rotatable bonds is 8. The third kappa shape index (κ3) is 3.78. The van der Waals surface area contributed by atoms with Gasteiger partial charge in [-0.3, -0.25) is 10.1 Å². The Morgan fingerprint density at radius 2 is 2.05 bits per heavy atom. The highest BCUT2D eigenvalue weighted by atomic mass is 16.4. The van der Waals surface area contributed by atoms with Crippen molar-refractivity contribution in [1.29, 1.82) is 0 Å². The van der Waals surface area contributed by atoms with Crippen molar-refractivity contribution < 1.29 is 9.90 Å². The predicted octanol–water partition coefficient (Wildman–Crippen LogP) is 2.63. The quantitative estimate of drug-likeness (QED) is 0.722. The maximum atomic E-state index is 11.9. The molecule has 3 fully saturated rings. The van der Waals surface area contributed by atoms with E-state index in [1.807, 2.05) is 0 Å². The van der Waals surface area contributed by atoms with Crippen LogP contribution in [0, 0.1) is 5.92 Å². The predicted molar refractivity (Wildman–Crippen MR) is 83.4 cm³/mol. The number of hydrogen-bond acceptors (Lipinski definition) is 3. The summed E-state index contributed by atoms with van der Waals surface area (Å²) in [5.74, 6) is 0.260. The normalized spacial score (nSPS) is 33.3. The lowest BCUT2D eigenvalue weighted by Crippen LogP contribution is -2.59. The van der Waals surface area contributed by atoms with Crippen molar-refractivity contribution in [2.24, 2.45) is 5.92 Å². The lowest BCUT2D eigenvalue weighted by Gasteiger charge is -2.43. The molecule has 4 nitrogen and oxygen atoms in total. The molecule has 0 amide bonds. The van der Waals surface area contributed by atoms with Crippen molar-refractivity contribution in [2.75, 3.05) is 13.1 Å². The average Bonchev–Trinajstić information content (AvgIpc) is 3.34. The molecule has 0 aromatic carbocycles. The fraction of sp³-hybridized carbons (Fsp3) is 0.941. The van der Waals surface area contributed by atoms with Gasteiger partial charge >= 0.3 is 5.97 Å². The Balaban J connectivity index is 1.67. The second kappa shape index (κ2) is 6.25. The molecule has 2 unspecified atom stereocenters. The van der Waals surface area contributed by atoms with Crippen LogP contribution in [-0.4, -0.2) is 46.7 Å². The minimum Gasteiger partial charge on any atom is -0.480 e. The van der Waals surface area contributed by atoms with Gasteiger partial charge in [0.2, 0.25) is 0 Å². The van der Waals surface area contributed by atoms with Crippen molar-refractivity contribution in [3.63, 3.8) is 0 Å². The van der Waals surface area contributed by atoms with Gasteiger partial charge < -0.3 is 10.0 Å². The SMILES string of the molecule is CCCN(CC1CC1)C1CCCC(NC2CC2)(C(=O)O)C1. The van der Waals surface area contributed by atoms with Crippen molar-refractivity contribution in [2.45, 2.75) is 82.3 Å². The zero-order valence-corrected chi connectivity index (χ0v) is 13.3. The molecule has 3 aliphatic carbocycles.